The van der Waals surface area contributed by atoms with Crippen LogP contribution in [0.5, 0.6) is 0 Å². The molecule has 20 heavy (non-hydrogen) atoms. The van der Waals surface area contributed by atoms with Crippen molar-refractivity contribution in [2.75, 3.05) is 44.7 Å². The number of anilines is 1. The molecule has 5 heteroatoms. The van der Waals surface area contributed by atoms with E-state index in [1.165, 1.54) is 0 Å². The standard InChI is InChI=1S/C15H25ClN4/c1-3-5-17-11-13-10-14(16)15(18-12-13)20-7-4-6-19(2)8-9-20/h10,12,17H,3-9,11H2,1-2H3. The van der Waals surface area contributed by atoms with Crippen LogP contribution in [0.25, 0.3) is 0 Å². The molecule has 1 aromatic heterocycles. The van der Waals surface area contributed by atoms with Crippen molar-refractivity contribution >= 4 is 17.4 Å². The number of hydrogen-bond acceptors (Lipinski definition) is 4. The van der Waals surface area contributed by atoms with E-state index in [0.717, 1.165) is 68.5 Å². The lowest BCUT2D eigenvalue weighted by atomic mass is 10.2. The lowest BCUT2D eigenvalue weighted by Gasteiger charge is -2.23. The molecule has 0 aromatic carbocycles. The maximum Gasteiger partial charge on any atom is 0.147 e. The predicted molar refractivity (Wildman–Crippen MR) is 85.6 cm³/mol. The van der Waals surface area contributed by atoms with Crippen LogP contribution in [-0.2, 0) is 6.54 Å². The third kappa shape index (κ3) is 4.33. The van der Waals surface area contributed by atoms with Crippen LogP contribution >= 0.6 is 11.6 Å². The molecule has 1 aromatic rings. The number of likely N-dealkylation sites (N-methyl/N-ethyl adjacent to an activating group) is 1. The van der Waals surface area contributed by atoms with Crippen LogP contribution in [0.2, 0.25) is 5.02 Å². The van der Waals surface area contributed by atoms with E-state index in [2.05, 4.69) is 34.1 Å². The molecule has 0 saturated carbocycles. The summed E-state index contributed by atoms with van der Waals surface area (Å²) in [6.07, 6.45) is 4.24. The lowest BCUT2D eigenvalue weighted by molar-refractivity contribution is 0.360. The van der Waals surface area contributed by atoms with E-state index in [9.17, 15) is 0 Å². The molecule has 0 amide bonds. The van der Waals surface area contributed by atoms with Crippen LogP contribution in [0, 0.1) is 0 Å². The van der Waals surface area contributed by atoms with Gasteiger partial charge in [-0.15, -0.1) is 0 Å². The fourth-order valence-electron chi connectivity index (χ4n) is 2.47. The third-order valence-corrected chi connectivity index (χ3v) is 3.93. The SMILES string of the molecule is CCCNCc1cnc(N2CCCN(C)CC2)c(Cl)c1. The molecule has 2 heterocycles. The molecule has 0 radical (unpaired) electrons. The van der Waals surface area contributed by atoms with Crippen LogP contribution in [0.4, 0.5) is 5.82 Å². The molecular weight excluding hydrogens is 272 g/mol. The first-order valence-corrected chi connectivity index (χ1v) is 7.87. The molecule has 0 unspecified atom stereocenters. The van der Waals surface area contributed by atoms with E-state index in [0.29, 0.717) is 0 Å². The first-order chi connectivity index (χ1) is 9.70. The maximum atomic E-state index is 6.42. The smallest absolute Gasteiger partial charge is 0.147 e. The Hall–Kier alpha value is -0.840. The summed E-state index contributed by atoms with van der Waals surface area (Å²) in [5.74, 6) is 0.932. The summed E-state index contributed by atoms with van der Waals surface area (Å²) in [5, 5.41) is 4.14. The Balaban J connectivity index is 2.01. The Morgan fingerprint density at radius 2 is 2.15 bits per heavy atom. The van der Waals surface area contributed by atoms with Crippen molar-refractivity contribution in [1.82, 2.24) is 15.2 Å². The van der Waals surface area contributed by atoms with Gasteiger partial charge in [0.2, 0.25) is 0 Å². The zero-order valence-corrected chi connectivity index (χ0v) is 13.3. The molecule has 0 atom stereocenters. The highest BCUT2D eigenvalue weighted by molar-refractivity contribution is 6.33. The number of rotatable bonds is 5. The van der Waals surface area contributed by atoms with Gasteiger partial charge in [0.25, 0.3) is 0 Å². The molecule has 0 bridgehead atoms. The summed E-state index contributed by atoms with van der Waals surface area (Å²) in [5.41, 5.74) is 1.15. The highest BCUT2D eigenvalue weighted by Crippen LogP contribution is 2.25. The quantitative estimate of drug-likeness (QED) is 0.846. The van der Waals surface area contributed by atoms with E-state index in [4.69, 9.17) is 11.6 Å². The maximum absolute atomic E-state index is 6.42. The van der Waals surface area contributed by atoms with E-state index < -0.39 is 0 Å². The van der Waals surface area contributed by atoms with Gasteiger partial charge in [-0.3, -0.25) is 0 Å². The molecule has 1 saturated heterocycles. The number of pyridine rings is 1. The summed E-state index contributed by atoms with van der Waals surface area (Å²) in [6, 6.07) is 2.04. The molecule has 0 aliphatic carbocycles. The van der Waals surface area contributed by atoms with E-state index in [1.807, 2.05) is 12.3 Å². The van der Waals surface area contributed by atoms with Crippen molar-refractivity contribution in [2.45, 2.75) is 26.3 Å². The normalized spacial score (nSPS) is 17.2. The fraction of sp³-hybridized carbons (Fsp3) is 0.667. The van der Waals surface area contributed by atoms with Gasteiger partial charge in [-0.1, -0.05) is 18.5 Å². The highest BCUT2D eigenvalue weighted by atomic mass is 35.5. The van der Waals surface area contributed by atoms with Crippen LogP contribution in [0.3, 0.4) is 0 Å². The van der Waals surface area contributed by atoms with Crippen molar-refractivity contribution in [3.05, 3.63) is 22.8 Å². The van der Waals surface area contributed by atoms with Gasteiger partial charge in [0, 0.05) is 32.4 Å². The summed E-state index contributed by atoms with van der Waals surface area (Å²) in [7, 11) is 2.17. The molecule has 2 rings (SSSR count). The molecule has 112 valence electrons. The minimum atomic E-state index is 0.769. The Morgan fingerprint density at radius 3 is 2.90 bits per heavy atom. The zero-order chi connectivity index (χ0) is 14.4. The predicted octanol–water partition coefficient (Wildman–Crippen LogP) is 2.38. The number of nitrogens with one attached hydrogen (secondary N) is 1. The lowest BCUT2D eigenvalue weighted by Crippen LogP contribution is -2.29. The van der Waals surface area contributed by atoms with Crippen LogP contribution < -0.4 is 10.2 Å². The Kier molecular flexibility index (Phi) is 6.07. The first-order valence-electron chi connectivity index (χ1n) is 7.49. The molecule has 4 nitrogen and oxygen atoms in total. The van der Waals surface area contributed by atoms with Crippen molar-refractivity contribution < 1.29 is 0 Å². The summed E-state index contributed by atoms with van der Waals surface area (Å²) < 4.78 is 0. The third-order valence-electron chi connectivity index (χ3n) is 3.65. The van der Waals surface area contributed by atoms with Crippen LogP contribution in [0.1, 0.15) is 25.3 Å². The molecule has 1 fully saturated rings. The largest absolute Gasteiger partial charge is 0.354 e. The zero-order valence-electron chi connectivity index (χ0n) is 12.5. The number of aromatic nitrogens is 1. The van der Waals surface area contributed by atoms with Crippen molar-refractivity contribution in [1.29, 1.82) is 0 Å². The average Bonchev–Trinajstić information content (AvgIpc) is 2.64. The fourth-order valence-corrected chi connectivity index (χ4v) is 2.78. The second-order valence-electron chi connectivity index (χ2n) is 5.47. The first kappa shape index (κ1) is 15.5. The van der Waals surface area contributed by atoms with E-state index in [-0.39, 0.29) is 0 Å². The molecule has 1 aliphatic heterocycles. The van der Waals surface area contributed by atoms with E-state index in [1.54, 1.807) is 0 Å². The molecule has 1 N–H and O–H groups in total. The van der Waals surface area contributed by atoms with Gasteiger partial charge in [0.15, 0.2) is 0 Å². The average molecular weight is 297 g/mol. The number of halogens is 1. The molecule has 1 aliphatic rings. The highest BCUT2D eigenvalue weighted by Gasteiger charge is 2.16. The van der Waals surface area contributed by atoms with Crippen molar-refractivity contribution in [3.63, 3.8) is 0 Å². The van der Waals surface area contributed by atoms with Gasteiger partial charge in [0.1, 0.15) is 5.82 Å². The number of nitrogens with zero attached hydrogens (tertiary/aromatic N) is 3. The Morgan fingerprint density at radius 1 is 1.30 bits per heavy atom. The van der Waals surface area contributed by atoms with Gasteiger partial charge in [-0.25, -0.2) is 4.98 Å². The summed E-state index contributed by atoms with van der Waals surface area (Å²) in [4.78, 5) is 9.24. The number of hydrogen-bond donors (Lipinski definition) is 1. The van der Waals surface area contributed by atoms with Gasteiger partial charge in [-0.2, -0.15) is 0 Å². The summed E-state index contributed by atoms with van der Waals surface area (Å²) in [6.45, 7) is 8.27. The Labute approximate surface area is 127 Å². The van der Waals surface area contributed by atoms with Crippen LogP contribution in [0.15, 0.2) is 12.3 Å². The van der Waals surface area contributed by atoms with E-state index >= 15 is 0 Å². The van der Waals surface area contributed by atoms with Gasteiger partial charge in [0.05, 0.1) is 5.02 Å². The Bertz CT molecular complexity index is 424. The van der Waals surface area contributed by atoms with Gasteiger partial charge >= 0.3 is 0 Å². The molecular formula is C15H25ClN4. The summed E-state index contributed by atoms with van der Waals surface area (Å²) >= 11 is 6.42. The topological polar surface area (TPSA) is 31.4 Å². The second kappa shape index (κ2) is 7.81. The second-order valence-corrected chi connectivity index (χ2v) is 5.88. The monoisotopic (exact) mass is 296 g/mol. The minimum absolute atomic E-state index is 0.769. The van der Waals surface area contributed by atoms with Gasteiger partial charge < -0.3 is 15.1 Å². The minimum Gasteiger partial charge on any atom is -0.354 e. The van der Waals surface area contributed by atoms with Crippen molar-refractivity contribution in [3.8, 4) is 0 Å². The van der Waals surface area contributed by atoms with Crippen LogP contribution in [-0.4, -0.2) is 49.7 Å². The van der Waals surface area contributed by atoms with Gasteiger partial charge in [-0.05, 0) is 44.6 Å². The molecule has 0 spiro atoms. The van der Waals surface area contributed by atoms with Crippen molar-refractivity contribution in [2.24, 2.45) is 0 Å².